The van der Waals surface area contributed by atoms with Gasteiger partial charge in [0, 0.05) is 16.0 Å². The molecule has 0 fully saturated rings. The Labute approximate surface area is 220 Å². The smallest absolute Gasteiger partial charge is 0.285 e. The van der Waals surface area contributed by atoms with Crippen LogP contribution in [0.1, 0.15) is 18.9 Å². The first-order valence-corrected chi connectivity index (χ1v) is 13.4. The number of rotatable bonds is 6. The molecule has 11 heteroatoms. The van der Waals surface area contributed by atoms with E-state index in [0.29, 0.717) is 16.6 Å². The van der Waals surface area contributed by atoms with Gasteiger partial charge in [-0.2, -0.15) is 13.5 Å². The number of carbonyl (C=O) groups is 1. The van der Waals surface area contributed by atoms with E-state index in [1.165, 1.54) is 29.3 Å². The van der Waals surface area contributed by atoms with Gasteiger partial charge in [-0.3, -0.25) is 4.79 Å². The van der Waals surface area contributed by atoms with Crippen molar-refractivity contribution < 1.29 is 13.2 Å². The molecule has 2 aromatic carbocycles. The van der Waals surface area contributed by atoms with Gasteiger partial charge < -0.3 is 11.1 Å². The van der Waals surface area contributed by atoms with Crippen LogP contribution in [0, 0.1) is 11.3 Å². The Morgan fingerprint density at radius 1 is 1.14 bits per heavy atom. The Morgan fingerprint density at radius 2 is 1.78 bits per heavy atom. The summed E-state index contributed by atoms with van der Waals surface area (Å²) in [4.78, 5) is 11.5. The fourth-order valence-corrected chi connectivity index (χ4v) is 5.37. The lowest BCUT2D eigenvalue weighted by atomic mass is 9.70. The second-order valence-electron chi connectivity index (χ2n) is 8.79. The summed E-state index contributed by atoms with van der Waals surface area (Å²) in [5.41, 5.74) is 6.65. The standard InChI is InChI=1S/C25H25Cl2N5O3S/c1-25(13-3-2-4-14-25)21-16-32(30-23(21)17-5-7-18(26)8-6-17)24(29-15-22(28)33)31-36(34,35)20-11-9-19(27)10-12-20/h2-13,21H,14-16H2,1H3,(H2,28,33)(H,29,31)/t21-,25?/m0/s1. The Morgan fingerprint density at radius 3 is 2.36 bits per heavy atom. The van der Waals surface area contributed by atoms with Gasteiger partial charge in [0.25, 0.3) is 10.0 Å². The molecule has 1 aliphatic carbocycles. The molecule has 0 saturated carbocycles. The Bertz CT molecular complexity index is 1370. The number of amides is 1. The maximum absolute atomic E-state index is 13.1. The van der Waals surface area contributed by atoms with Crippen LogP contribution in [0.15, 0.2) is 87.2 Å². The maximum Gasteiger partial charge on any atom is 0.285 e. The van der Waals surface area contributed by atoms with Crippen LogP contribution >= 0.6 is 23.2 Å². The zero-order valence-electron chi connectivity index (χ0n) is 19.4. The van der Waals surface area contributed by atoms with Gasteiger partial charge in [0.2, 0.25) is 11.9 Å². The highest BCUT2D eigenvalue weighted by Gasteiger charge is 2.42. The third-order valence-electron chi connectivity index (χ3n) is 6.12. The van der Waals surface area contributed by atoms with E-state index in [4.69, 9.17) is 34.0 Å². The van der Waals surface area contributed by atoms with E-state index in [-0.39, 0.29) is 28.7 Å². The zero-order valence-corrected chi connectivity index (χ0v) is 21.8. The summed E-state index contributed by atoms with van der Waals surface area (Å²) in [7, 11) is -4.15. The van der Waals surface area contributed by atoms with Crippen molar-refractivity contribution >= 4 is 50.8 Å². The number of hydrogen-bond acceptors (Lipinski definition) is 4. The number of hydrazone groups is 1. The SMILES string of the molecule is CC1([C@H]2CN(/C(=N\S(=O)(=O)c3ccc(Cl)cc3)NCC(N)=O)N=C2c2ccc(Cl)cc2)C=CC=CC1. The molecule has 0 bridgehead atoms. The molecule has 8 nitrogen and oxygen atoms in total. The normalized spacial score (nSPS) is 22.0. The quantitative estimate of drug-likeness (QED) is 0.420. The molecule has 36 heavy (non-hydrogen) atoms. The van der Waals surface area contributed by atoms with Gasteiger partial charge in [0.1, 0.15) is 0 Å². The van der Waals surface area contributed by atoms with Gasteiger partial charge in [-0.15, -0.1) is 4.40 Å². The monoisotopic (exact) mass is 545 g/mol. The van der Waals surface area contributed by atoms with Gasteiger partial charge in [-0.25, -0.2) is 5.01 Å². The number of hydrogen-bond donors (Lipinski definition) is 2. The van der Waals surface area contributed by atoms with Gasteiger partial charge in [0.15, 0.2) is 0 Å². The highest BCUT2D eigenvalue weighted by molar-refractivity contribution is 7.90. The number of nitrogens with zero attached hydrogens (tertiary/aromatic N) is 3. The first-order chi connectivity index (χ1) is 17.1. The highest BCUT2D eigenvalue weighted by atomic mass is 35.5. The first-order valence-electron chi connectivity index (χ1n) is 11.2. The molecular formula is C25H25Cl2N5O3S. The van der Waals surface area contributed by atoms with E-state index >= 15 is 0 Å². The second kappa shape index (κ2) is 10.5. The molecule has 1 amide bonds. The summed E-state index contributed by atoms with van der Waals surface area (Å²) in [5, 5.41) is 9.99. The van der Waals surface area contributed by atoms with Gasteiger partial charge in [0.05, 0.1) is 23.7 Å². The van der Waals surface area contributed by atoms with Crippen molar-refractivity contribution in [2.45, 2.75) is 18.2 Å². The average Bonchev–Trinajstić information content (AvgIpc) is 3.29. The Hall–Kier alpha value is -3.14. The number of nitrogens with one attached hydrogen (secondary N) is 1. The van der Waals surface area contributed by atoms with Crippen LogP contribution in [-0.2, 0) is 14.8 Å². The molecule has 3 N–H and O–H groups in total. The molecule has 4 rings (SSSR count). The maximum atomic E-state index is 13.1. The van der Waals surface area contributed by atoms with Crippen LogP contribution in [-0.4, -0.2) is 44.1 Å². The highest BCUT2D eigenvalue weighted by Crippen LogP contribution is 2.41. The van der Waals surface area contributed by atoms with Gasteiger partial charge >= 0.3 is 0 Å². The first kappa shape index (κ1) is 25.9. The van der Waals surface area contributed by atoms with Crippen LogP contribution in [0.2, 0.25) is 10.0 Å². The van der Waals surface area contributed by atoms with Crippen LogP contribution in [0.4, 0.5) is 0 Å². The number of sulfonamides is 1. The van der Waals surface area contributed by atoms with E-state index in [9.17, 15) is 13.2 Å². The van der Waals surface area contributed by atoms with Crippen molar-refractivity contribution in [2.24, 2.45) is 26.6 Å². The lowest BCUT2D eigenvalue weighted by Gasteiger charge is -2.34. The molecule has 1 aliphatic heterocycles. The van der Waals surface area contributed by atoms with Crippen LogP contribution in [0.25, 0.3) is 0 Å². The summed E-state index contributed by atoms with van der Waals surface area (Å²) in [6.45, 7) is 2.14. The van der Waals surface area contributed by atoms with Crippen molar-refractivity contribution in [3.63, 3.8) is 0 Å². The lowest BCUT2D eigenvalue weighted by Crippen LogP contribution is -2.44. The summed E-state index contributed by atoms with van der Waals surface area (Å²) in [5.74, 6) is -0.883. The van der Waals surface area contributed by atoms with E-state index in [0.717, 1.165) is 17.7 Å². The van der Waals surface area contributed by atoms with Crippen LogP contribution in [0.3, 0.4) is 0 Å². The average molecular weight is 546 g/mol. The lowest BCUT2D eigenvalue weighted by molar-refractivity contribution is -0.117. The van der Waals surface area contributed by atoms with Crippen LogP contribution in [0.5, 0.6) is 0 Å². The molecule has 0 aromatic heterocycles. The van der Waals surface area contributed by atoms with Crippen molar-refractivity contribution in [3.05, 3.63) is 88.4 Å². The number of carbonyl (C=O) groups excluding carboxylic acids is 1. The Balaban J connectivity index is 1.77. The van der Waals surface area contributed by atoms with Crippen molar-refractivity contribution in [2.75, 3.05) is 13.1 Å². The molecule has 2 aromatic rings. The molecule has 2 atom stereocenters. The minimum Gasteiger partial charge on any atom is -0.368 e. The van der Waals surface area contributed by atoms with Crippen molar-refractivity contribution in [1.82, 2.24) is 10.3 Å². The number of benzene rings is 2. The van der Waals surface area contributed by atoms with Crippen LogP contribution < -0.4 is 11.1 Å². The number of nitrogens with two attached hydrogens (primary N) is 1. The number of primary amides is 1. The molecule has 188 valence electrons. The number of guanidine groups is 1. The molecular weight excluding hydrogens is 521 g/mol. The summed E-state index contributed by atoms with van der Waals surface area (Å²) in [6, 6.07) is 13.0. The molecule has 0 saturated heterocycles. The summed E-state index contributed by atoms with van der Waals surface area (Å²) in [6.07, 6.45) is 8.99. The number of halogens is 2. The fourth-order valence-electron chi connectivity index (χ4n) is 4.15. The third kappa shape index (κ3) is 5.80. The minimum atomic E-state index is -4.15. The van der Waals surface area contributed by atoms with E-state index < -0.39 is 15.9 Å². The largest absolute Gasteiger partial charge is 0.368 e. The summed E-state index contributed by atoms with van der Waals surface area (Å²) >= 11 is 12.0. The summed E-state index contributed by atoms with van der Waals surface area (Å²) < 4.78 is 30.2. The topological polar surface area (TPSA) is 117 Å². The Kier molecular flexibility index (Phi) is 7.54. The minimum absolute atomic E-state index is 0.0461. The van der Waals surface area contributed by atoms with E-state index in [1.807, 2.05) is 24.3 Å². The van der Waals surface area contributed by atoms with E-state index in [1.54, 1.807) is 12.1 Å². The molecule has 0 radical (unpaired) electrons. The predicted molar refractivity (Wildman–Crippen MR) is 142 cm³/mol. The second-order valence-corrected chi connectivity index (χ2v) is 11.3. The third-order valence-corrected chi connectivity index (χ3v) is 7.90. The van der Waals surface area contributed by atoms with Gasteiger partial charge in [-0.05, 0) is 53.8 Å². The zero-order chi connectivity index (χ0) is 25.9. The molecule has 2 aliphatic rings. The number of allylic oxidation sites excluding steroid dienone is 4. The van der Waals surface area contributed by atoms with Gasteiger partial charge in [-0.1, -0.05) is 66.6 Å². The molecule has 0 spiro atoms. The van der Waals surface area contributed by atoms with Crippen molar-refractivity contribution in [3.8, 4) is 0 Å². The molecule has 1 unspecified atom stereocenters. The fraction of sp³-hybridized carbons (Fsp3) is 0.240. The predicted octanol–water partition coefficient (Wildman–Crippen LogP) is 3.97. The molecule has 1 heterocycles. The van der Waals surface area contributed by atoms with E-state index in [2.05, 4.69) is 28.8 Å². The van der Waals surface area contributed by atoms with Crippen molar-refractivity contribution in [1.29, 1.82) is 0 Å².